The van der Waals surface area contributed by atoms with Crippen molar-refractivity contribution >= 4 is 46.4 Å². The summed E-state index contributed by atoms with van der Waals surface area (Å²) in [6.45, 7) is 5.01. The smallest absolute Gasteiger partial charge is 0.271 e. The number of carbonyl (C=O) groups is 1. The van der Waals surface area contributed by atoms with Crippen LogP contribution in [-0.2, 0) is 0 Å². The maximum atomic E-state index is 12.2. The molecule has 2 aromatic rings. The highest BCUT2D eigenvalue weighted by atomic mass is 35.5. The quantitative estimate of drug-likeness (QED) is 0.545. The van der Waals surface area contributed by atoms with Gasteiger partial charge in [-0.25, -0.2) is 9.97 Å². The number of nitrogen functional groups attached to an aromatic ring is 1. The minimum absolute atomic E-state index is 0.249. The molecule has 0 bridgehead atoms. The summed E-state index contributed by atoms with van der Waals surface area (Å²) in [5, 5.41) is 3.85. The molecule has 9 heteroatoms. The van der Waals surface area contributed by atoms with Gasteiger partial charge in [0.05, 0.1) is 10.6 Å². The van der Waals surface area contributed by atoms with Crippen molar-refractivity contribution in [2.45, 2.75) is 20.3 Å². The number of rotatable bonds is 7. The van der Waals surface area contributed by atoms with Gasteiger partial charge in [-0.15, -0.1) is 0 Å². The van der Waals surface area contributed by atoms with E-state index < -0.39 is 5.91 Å². The lowest BCUT2D eigenvalue weighted by molar-refractivity contribution is 0.0962. The van der Waals surface area contributed by atoms with Crippen molar-refractivity contribution in [1.82, 2.24) is 15.4 Å². The van der Waals surface area contributed by atoms with Crippen molar-refractivity contribution < 1.29 is 4.79 Å². The minimum Gasteiger partial charge on any atom is -0.393 e. The highest BCUT2D eigenvalue weighted by molar-refractivity contribution is 6.36. The maximum absolute atomic E-state index is 12.2. The zero-order valence-electron chi connectivity index (χ0n) is 13.9. The zero-order chi connectivity index (χ0) is 18.4. The third-order valence-corrected chi connectivity index (χ3v) is 3.92. The van der Waals surface area contributed by atoms with Crippen LogP contribution >= 0.6 is 23.2 Å². The first-order chi connectivity index (χ1) is 11.9. The Morgan fingerprint density at radius 2 is 1.96 bits per heavy atom. The van der Waals surface area contributed by atoms with Gasteiger partial charge in [-0.1, -0.05) is 37.0 Å². The lowest BCUT2D eigenvalue weighted by atomic mass is 10.1. The molecular formula is C16H20Cl2N6O. The van der Waals surface area contributed by atoms with Crippen molar-refractivity contribution in [2.75, 3.05) is 23.0 Å². The van der Waals surface area contributed by atoms with E-state index >= 15 is 0 Å². The molecule has 0 aliphatic rings. The fourth-order valence-corrected chi connectivity index (χ4v) is 2.47. The number of benzene rings is 1. The third-order valence-electron chi connectivity index (χ3n) is 3.37. The van der Waals surface area contributed by atoms with Crippen LogP contribution in [0.25, 0.3) is 0 Å². The summed E-state index contributed by atoms with van der Waals surface area (Å²) in [5.41, 5.74) is 11.8. The molecule has 0 spiro atoms. The van der Waals surface area contributed by atoms with E-state index in [4.69, 9.17) is 28.9 Å². The first kappa shape index (κ1) is 19.1. The summed E-state index contributed by atoms with van der Waals surface area (Å²) in [4.78, 5) is 20.3. The standard InChI is InChI=1S/C16H20Cl2N6O/c1-9(2)5-6-20-14-13(19)15(22-8-21-14)23-24-16(25)11-4-3-10(17)7-12(11)18/h3-4,7-9H,5-6,19H2,1-2H3,(H,24,25)(H2,20,21,22,23). The SMILES string of the molecule is CC(C)CCNc1ncnc(NNC(=O)c2ccc(Cl)cc2Cl)c1N. The van der Waals surface area contributed by atoms with Gasteiger partial charge in [0.25, 0.3) is 5.91 Å². The fraction of sp³-hybridized carbons (Fsp3) is 0.312. The van der Waals surface area contributed by atoms with Crippen molar-refractivity contribution in [3.05, 3.63) is 40.1 Å². The monoisotopic (exact) mass is 382 g/mol. The minimum atomic E-state index is -0.436. The molecule has 2 rings (SSSR count). The molecule has 0 saturated heterocycles. The van der Waals surface area contributed by atoms with Gasteiger partial charge in [-0.05, 0) is 30.5 Å². The van der Waals surface area contributed by atoms with Crippen LogP contribution in [0.2, 0.25) is 10.0 Å². The Labute approximate surface area is 156 Å². The summed E-state index contributed by atoms with van der Waals surface area (Å²) in [7, 11) is 0. The number of hydrazine groups is 1. The average molecular weight is 383 g/mol. The number of nitrogens with zero attached hydrogens (tertiary/aromatic N) is 2. The maximum Gasteiger partial charge on any atom is 0.271 e. The molecule has 134 valence electrons. The van der Waals surface area contributed by atoms with Crippen molar-refractivity contribution in [3.63, 3.8) is 0 Å². The second kappa shape index (κ2) is 8.73. The molecule has 0 radical (unpaired) electrons. The second-order valence-electron chi connectivity index (χ2n) is 5.80. The van der Waals surface area contributed by atoms with E-state index in [0.29, 0.717) is 28.3 Å². The Hall–Kier alpha value is -2.25. The fourth-order valence-electron chi connectivity index (χ4n) is 1.97. The van der Waals surface area contributed by atoms with Crippen molar-refractivity contribution in [2.24, 2.45) is 5.92 Å². The van der Waals surface area contributed by atoms with E-state index in [1.165, 1.54) is 18.5 Å². The summed E-state index contributed by atoms with van der Waals surface area (Å²) >= 11 is 11.8. The lowest BCUT2D eigenvalue weighted by Crippen LogP contribution is -2.30. The van der Waals surface area contributed by atoms with Gasteiger partial charge >= 0.3 is 0 Å². The molecule has 0 aliphatic heterocycles. The van der Waals surface area contributed by atoms with Crippen LogP contribution in [0.5, 0.6) is 0 Å². The van der Waals surface area contributed by atoms with Crippen LogP contribution < -0.4 is 21.9 Å². The molecule has 25 heavy (non-hydrogen) atoms. The Balaban J connectivity index is 2.01. The van der Waals surface area contributed by atoms with Crippen LogP contribution in [0.15, 0.2) is 24.5 Å². The van der Waals surface area contributed by atoms with Gasteiger partial charge in [-0.2, -0.15) is 0 Å². The number of hydrogen-bond acceptors (Lipinski definition) is 6. The van der Waals surface area contributed by atoms with E-state index in [-0.39, 0.29) is 10.6 Å². The molecule has 1 amide bonds. The van der Waals surface area contributed by atoms with Crippen LogP contribution in [0.1, 0.15) is 30.6 Å². The number of halogens is 2. The van der Waals surface area contributed by atoms with Crippen molar-refractivity contribution in [1.29, 1.82) is 0 Å². The van der Waals surface area contributed by atoms with Gasteiger partial charge in [-0.3, -0.25) is 15.6 Å². The highest BCUT2D eigenvalue weighted by Crippen LogP contribution is 2.23. The first-order valence-corrected chi connectivity index (χ1v) is 8.49. The molecular weight excluding hydrogens is 363 g/mol. The predicted molar refractivity (Wildman–Crippen MR) is 102 cm³/mol. The molecule has 5 N–H and O–H groups in total. The molecule has 0 saturated carbocycles. The molecule has 0 atom stereocenters. The molecule has 0 aliphatic carbocycles. The Morgan fingerprint density at radius 1 is 1.24 bits per heavy atom. The van der Waals surface area contributed by atoms with Crippen LogP contribution in [0.3, 0.4) is 0 Å². The highest BCUT2D eigenvalue weighted by Gasteiger charge is 2.13. The molecule has 1 aromatic heterocycles. The summed E-state index contributed by atoms with van der Waals surface area (Å²) < 4.78 is 0. The number of hydrogen-bond donors (Lipinski definition) is 4. The lowest BCUT2D eigenvalue weighted by Gasteiger charge is -2.14. The summed E-state index contributed by atoms with van der Waals surface area (Å²) in [6, 6.07) is 4.61. The number of carbonyl (C=O) groups excluding carboxylic acids is 1. The predicted octanol–water partition coefficient (Wildman–Crippen LogP) is 3.58. The third kappa shape index (κ3) is 5.37. The van der Waals surface area contributed by atoms with E-state index in [1.54, 1.807) is 6.07 Å². The molecule has 7 nitrogen and oxygen atoms in total. The number of anilines is 3. The molecule has 1 aromatic carbocycles. The van der Waals surface area contributed by atoms with Crippen LogP contribution in [-0.4, -0.2) is 22.4 Å². The molecule has 0 unspecified atom stereocenters. The first-order valence-electron chi connectivity index (χ1n) is 7.74. The van der Waals surface area contributed by atoms with E-state index in [2.05, 4.69) is 40.0 Å². The summed E-state index contributed by atoms with van der Waals surface area (Å²) in [6.07, 6.45) is 2.34. The number of aromatic nitrogens is 2. The number of amides is 1. The largest absolute Gasteiger partial charge is 0.393 e. The Bertz CT molecular complexity index is 753. The number of nitrogens with two attached hydrogens (primary N) is 1. The van der Waals surface area contributed by atoms with E-state index in [9.17, 15) is 4.79 Å². The van der Waals surface area contributed by atoms with Gasteiger partial charge in [0, 0.05) is 11.6 Å². The molecule has 1 heterocycles. The second-order valence-corrected chi connectivity index (χ2v) is 6.64. The normalized spacial score (nSPS) is 10.6. The van der Waals surface area contributed by atoms with Crippen LogP contribution in [0, 0.1) is 5.92 Å². The van der Waals surface area contributed by atoms with Gasteiger partial charge in [0.2, 0.25) is 0 Å². The number of nitrogens with one attached hydrogen (secondary N) is 3. The average Bonchev–Trinajstić information content (AvgIpc) is 2.54. The Kier molecular flexibility index (Phi) is 6.66. The Morgan fingerprint density at radius 3 is 2.64 bits per heavy atom. The molecule has 0 fully saturated rings. The van der Waals surface area contributed by atoms with E-state index in [1.807, 2.05) is 0 Å². The van der Waals surface area contributed by atoms with Crippen LogP contribution in [0.4, 0.5) is 17.3 Å². The van der Waals surface area contributed by atoms with E-state index in [0.717, 1.165) is 13.0 Å². The van der Waals surface area contributed by atoms with Gasteiger partial charge < -0.3 is 11.1 Å². The topological polar surface area (TPSA) is 105 Å². The zero-order valence-corrected chi connectivity index (χ0v) is 15.4. The van der Waals surface area contributed by atoms with Crippen molar-refractivity contribution in [3.8, 4) is 0 Å². The summed E-state index contributed by atoms with van der Waals surface area (Å²) in [5.74, 6) is 0.933. The van der Waals surface area contributed by atoms with Gasteiger partial charge in [0.1, 0.15) is 12.0 Å². The van der Waals surface area contributed by atoms with Gasteiger partial charge in [0.15, 0.2) is 11.6 Å².